The van der Waals surface area contributed by atoms with E-state index in [4.69, 9.17) is 0 Å². The van der Waals surface area contributed by atoms with Crippen molar-refractivity contribution in [2.45, 2.75) is 45.6 Å². The monoisotopic (exact) mass is 253 g/mol. The van der Waals surface area contributed by atoms with Crippen LogP contribution in [0, 0.1) is 24.5 Å². The van der Waals surface area contributed by atoms with E-state index in [1.807, 2.05) is 6.92 Å². The van der Waals surface area contributed by atoms with Crippen molar-refractivity contribution in [1.29, 1.82) is 0 Å². The van der Waals surface area contributed by atoms with E-state index in [1.54, 1.807) is 19.1 Å². The van der Waals surface area contributed by atoms with Crippen molar-refractivity contribution < 1.29 is 8.78 Å². The second-order valence-corrected chi connectivity index (χ2v) is 5.24. The molecule has 100 valence electrons. The quantitative estimate of drug-likeness (QED) is 0.832. The molecule has 3 heteroatoms. The molecule has 1 unspecified atom stereocenters. The molecule has 0 aliphatic heterocycles. The van der Waals surface area contributed by atoms with E-state index in [9.17, 15) is 8.78 Å². The van der Waals surface area contributed by atoms with Crippen molar-refractivity contribution >= 4 is 0 Å². The molecule has 1 aromatic carbocycles. The van der Waals surface area contributed by atoms with E-state index < -0.39 is 11.6 Å². The Morgan fingerprint density at radius 3 is 2.56 bits per heavy atom. The number of nitrogens with one attached hydrogen (secondary N) is 1. The van der Waals surface area contributed by atoms with Crippen LogP contribution < -0.4 is 5.32 Å². The fraction of sp³-hybridized carbons (Fsp3) is 0.600. The Balaban J connectivity index is 2.20. The molecule has 1 aromatic rings. The summed E-state index contributed by atoms with van der Waals surface area (Å²) in [6, 6.07) is 3.33. The molecule has 0 aromatic heterocycles. The lowest BCUT2D eigenvalue weighted by Crippen LogP contribution is -2.27. The van der Waals surface area contributed by atoms with Crippen LogP contribution in [0.25, 0.3) is 0 Å². The van der Waals surface area contributed by atoms with Crippen molar-refractivity contribution in [2.75, 3.05) is 6.54 Å². The summed E-state index contributed by atoms with van der Waals surface area (Å²) < 4.78 is 27.6. The first kappa shape index (κ1) is 13.5. The van der Waals surface area contributed by atoms with E-state index in [0.717, 1.165) is 13.0 Å². The van der Waals surface area contributed by atoms with E-state index >= 15 is 0 Å². The number of benzene rings is 1. The van der Waals surface area contributed by atoms with Gasteiger partial charge < -0.3 is 5.32 Å². The molecule has 1 aliphatic rings. The van der Waals surface area contributed by atoms with Gasteiger partial charge >= 0.3 is 0 Å². The lowest BCUT2D eigenvalue weighted by Gasteiger charge is -2.30. The Labute approximate surface area is 108 Å². The van der Waals surface area contributed by atoms with E-state index in [-0.39, 0.29) is 6.04 Å². The third-order valence-electron chi connectivity index (χ3n) is 3.92. The van der Waals surface area contributed by atoms with Gasteiger partial charge in [-0.25, -0.2) is 8.78 Å². The van der Waals surface area contributed by atoms with Crippen LogP contribution in [0.4, 0.5) is 8.78 Å². The molecule has 0 amide bonds. The van der Waals surface area contributed by atoms with Gasteiger partial charge in [0.1, 0.15) is 0 Å². The van der Waals surface area contributed by atoms with Crippen LogP contribution in [0.2, 0.25) is 0 Å². The molecule has 0 bridgehead atoms. The minimum Gasteiger partial charge on any atom is -0.310 e. The predicted octanol–water partition coefficient (Wildman–Crippen LogP) is 4.11. The largest absolute Gasteiger partial charge is 0.310 e. The minimum absolute atomic E-state index is 0.0598. The fourth-order valence-corrected chi connectivity index (χ4v) is 2.56. The van der Waals surface area contributed by atoms with Gasteiger partial charge in [0, 0.05) is 11.6 Å². The average molecular weight is 253 g/mol. The highest BCUT2D eigenvalue weighted by molar-refractivity contribution is 5.28. The second-order valence-electron chi connectivity index (χ2n) is 5.24. The van der Waals surface area contributed by atoms with Crippen LogP contribution in [0.1, 0.15) is 49.8 Å². The Hall–Kier alpha value is -0.960. The van der Waals surface area contributed by atoms with Crippen LogP contribution in [0.3, 0.4) is 0 Å². The van der Waals surface area contributed by atoms with Crippen LogP contribution >= 0.6 is 0 Å². The zero-order valence-corrected chi connectivity index (χ0v) is 11.1. The standard InChI is InChI=1S/C15H21F2N/c1-3-18-13(9-11-5-4-6-11)12-8-7-10(2)14(16)15(12)17/h7-8,11,13,18H,3-6,9H2,1-2H3. The van der Waals surface area contributed by atoms with E-state index in [0.29, 0.717) is 17.0 Å². The highest BCUT2D eigenvalue weighted by Crippen LogP contribution is 2.35. The molecule has 0 saturated heterocycles. The van der Waals surface area contributed by atoms with Gasteiger partial charge in [-0.3, -0.25) is 0 Å². The van der Waals surface area contributed by atoms with Gasteiger partial charge in [-0.1, -0.05) is 38.3 Å². The number of rotatable bonds is 5. The summed E-state index contributed by atoms with van der Waals surface area (Å²) in [5.41, 5.74) is 0.849. The molecule has 2 rings (SSSR count). The molecule has 1 saturated carbocycles. The maximum Gasteiger partial charge on any atom is 0.163 e. The molecule has 0 heterocycles. The van der Waals surface area contributed by atoms with Crippen LogP contribution in [-0.2, 0) is 0 Å². The molecule has 1 atom stereocenters. The summed E-state index contributed by atoms with van der Waals surface area (Å²) in [5.74, 6) is -0.720. The van der Waals surface area contributed by atoms with Gasteiger partial charge in [0.2, 0.25) is 0 Å². The van der Waals surface area contributed by atoms with Crippen molar-refractivity contribution in [2.24, 2.45) is 5.92 Å². The van der Waals surface area contributed by atoms with Gasteiger partial charge in [0.15, 0.2) is 11.6 Å². The topological polar surface area (TPSA) is 12.0 Å². The minimum atomic E-state index is -0.705. The Bertz CT molecular complexity index is 413. The zero-order valence-electron chi connectivity index (χ0n) is 11.1. The molecular formula is C15H21F2N. The number of aryl methyl sites for hydroxylation is 1. The van der Waals surface area contributed by atoms with Gasteiger partial charge in [-0.15, -0.1) is 0 Å². The van der Waals surface area contributed by atoms with Crippen LogP contribution in [-0.4, -0.2) is 6.54 Å². The normalized spacial score (nSPS) is 17.6. The lowest BCUT2D eigenvalue weighted by molar-refractivity contribution is 0.259. The zero-order chi connectivity index (χ0) is 13.1. The molecule has 1 fully saturated rings. The highest BCUT2D eigenvalue weighted by atomic mass is 19.2. The van der Waals surface area contributed by atoms with Crippen molar-refractivity contribution in [1.82, 2.24) is 5.32 Å². The number of hydrogen-bond acceptors (Lipinski definition) is 1. The van der Waals surface area contributed by atoms with Crippen molar-refractivity contribution in [3.05, 3.63) is 34.9 Å². The van der Waals surface area contributed by atoms with Crippen molar-refractivity contribution in [3.63, 3.8) is 0 Å². The molecule has 1 aliphatic carbocycles. The van der Waals surface area contributed by atoms with Gasteiger partial charge in [-0.2, -0.15) is 0 Å². The lowest BCUT2D eigenvalue weighted by atomic mass is 9.79. The second kappa shape index (κ2) is 5.79. The maximum absolute atomic E-state index is 14.0. The van der Waals surface area contributed by atoms with Crippen LogP contribution in [0.5, 0.6) is 0 Å². The molecule has 1 nitrogen and oxygen atoms in total. The SMILES string of the molecule is CCNC(CC1CCC1)c1ccc(C)c(F)c1F. The molecule has 0 radical (unpaired) electrons. The van der Waals surface area contributed by atoms with Gasteiger partial charge in [0.05, 0.1) is 0 Å². The summed E-state index contributed by atoms with van der Waals surface area (Å²) >= 11 is 0. The molecular weight excluding hydrogens is 232 g/mol. The number of hydrogen-bond donors (Lipinski definition) is 1. The fourth-order valence-electron chi connectivity index (χ4n) is 2.56. The first-order chi connectivity index (χ1) is 8.63. The smallest absolute Gasteiger partial charge is 0.163 e. The average Bonchev–Trinajstić information content (AvgIpc) is 2.30. The Morgan fingerprint density at radius 2 is 2.00 bits per heavy atom. The third-order valence-corrected chi connectivity index (χ3v) is 3.92. The maximum atomic E-state index is 14.0. The van der Waals surface area contributed by atoms with E-state index in [2.05, 4.69) is 5.32 Å². The van der Waals surface area contributed by atoms with Gasteiger partial charge in [0.25, 0.3) is 0 Å². The first-order valence-electron chi connectivity index (χ1n) is 6.81. The van der Waals surface area contributed by atoms with E-state index in [1.165, 1.54) is 19.3 Å². The first-order valence-corrected chi connectivity index (χ1v) is 6.81. The van der Waals surface area contributed by atoms with Crippen molar-refractivity contribution in [3.8, 4) is 0 Å². The summed E-state index contributed by atoms with van der Waals surface area (Å²) in [5, 5.41) is 3.28. The Kier molecular flexibility index (Phi) is 4.33. The summed E-state index contributed by atoms with van der Waals surface area (Å²) in [6.45, 7) is 4.36. The summed E-state index contributed by atoms with van der Waals surface area (Å²) in [6.07, 6.45) is 4.62. The number of halogens is 2. The summed E-state index contributed by atoms with van der Waals surface area (Å²) in [7, 11) is 0. The highest BCUT2D eigenvalue weighted by Gasteiger charge is 2.25. The molecule has 18 heavy (non-hydrogen) atoms. The Morgan fingerprint density at radius 1 is 1.28 bits per heavy atom. The third kappa shape index (κ3) is 2.72. The van der Waals surface area contributed by atoms with Crippen LogP contribution in [0.15, 0.2) is 12.1 Å². The molecule has 0 spiro atoms. The molecule has 1 N–H and O–H groups in total. The van der Waals surface area contributed by atoms with Gasteiger partial charge in [-0.05, 0) is 31.4 Å². The predicted molar refractivity (Wildman–Crippen MR) is 69.5 cm³/mol. The summed E-state index contributed by atoms with van der Waals surface area (Å²) in [4.78, 5) is 0.